The first-order valence-electron chi connectivity index (χ1n) is 11.2. The predicted octanol–water partition coefficient (Wildman–Crippen LogP) is 3.58. The molecule has 158 valence electrons. The largest absolute Gasteiger partial charge is 1.00 e. The van der Waals surface area contributed by atoms with E-state index in [1.54, 1.807) is 12.0 Å². The molecular weight excluding hydrogens is 499 g/mol. The molecule has 0 N–H and O–H groups in total. The van der Waals surface area contributed by atoms with Crippen molar-refractivity contribution in [2.75, 3.05) is 0 Å². The number of halogens is 1. The van der Waals surface area contributed by atoms with Crippen LogP contribution in [-0.2, 0) is 29.2 Å². The van der Waals surface area contributed by atoms with Gasteiger partial charge >= 0.3 is 202 Å². The minimum Gasteiger partial charge on any atom is -1.00 e. The van der Waals surface area contributed by atoms with Gasteiger partial charge in [0, 0.05) is 0 Å². The molecule has 0 bridgehead atoms. The van der Waals surface area contributed by atoms with Gasteiger partial charge in [0.1, 0.15) is 0 Å². The van der Waals surface area contributed by atoms with Crippen molar-refractivity contribution in [3.05, 3.63) is 143 Å². The zero-order valence-corrected chi connectivity index (χ0v) is 21.5. The second-order valence-electron chi connectivity index (χ2n) is 8.40. The van der Waals surface area contributed by atoms with Crippen LogP contribution < -0.4 is 15.7 Å². The number of rotatable bonds is 4. The quantitative estimate of drug-likeness (QED) is 0.339. The van der Waals surface area contributed by atoms with E-state index in [4.69, 9.17) is 0 Å². The first kappa shape index (κ1) is 22.2. The summed E-state index contributed by atoms with van der Waals surface area (Å²) in [6, 6.07) is 35.8. The van der Waals surface area contributed by atoms with Gasteiger partial charge in [-0.25, -0.2) is 0 Å². The van der Waals surface area contributed by atoms with Gasteiger partial charge in [-0.1, -0.05) is 0 Å². The molecule has 4 aromatic rings. The van der Waals surface area contributed by atoms with E-state index in [-0.39, 0.29) is 12.4 Å². The summed E-state index contributed by atoms with van der Waals surface area (Å²) >= 11 is -1.12. The van der Waals surface area contributed by atoms with Crippen molar-refractivity contribution in [2.45, 2.75) is 12.8 Å². The van der Waals surface area contributed by atoms with Gasteiger partial charge in [0.05, 0.1) is 0 Å². The molecule has 0 aliphatic heterocycles. The molecule has 33 heavy (non-hydrogen) atoms. The zero-order chi connectivity index (χ0) is 21.3. The Hall–Kier alpha value is -2.60. The summed E-state index contributed by atoms with van der Waals surface area (Å²) in [7, 11) is 0. The summed E-state index contributed by atoms with van der Waals surface area (Å²) in [4.78, 5) is 0. The third kappa shape index (κ3) is 4.21. The van der Waals surface area contributed by atoms with Crippen LogP contribution >= 0.6 is 0 Å². The SMILES string of the molecule is C1=CCC(c2ccc3c([c]2[Zr+]=[C](c2ccccc2)c2ccccc2)Cc2ccccc2-3)=C1.[Cl-]. The molecule has 4 aromatic carbocycles. The molecule has 0 spiro atoms. The minimum atomic E-state index is -1.12. The van der Waals surface area contributed by atoms with Crippen LogP contribution in [0.3, 0.4) is 0 Å². The van der Waals surface area contributed by atoms with E-state index >= 15 is 0 Å². The molecule has 6 rings (SSSR count). The Morgan fingerprint density at radius 3 is 1.94 bits per heavy atom. The Morgan fingerprint density at radius 1 is 0.636 bits per heavy atom. The maximum absolute atomic E-state index is 2.41. The van der Waals surface area contributed by atoms with Crippen molar-refractivity contribution in [1.82, 2.24) is 0 Å². The molecule has 0 nitrogen and oxygen atoms in total. The molecular formula is C31H23ClZr. The van der Waals surface area contributed by atoms with Gasteiger partial charge in [-0.3, -0.25) is 0 Å². The standard InChI is InChI=1S/C18H13.C13H10.ClH.Zr/c1-2-6-13(5-1)14-9-10-18-16(11-14)12-15-7-3-4-8-17(15)18;1-3-7-12(8-4-1)11-13-9-5-2-6-10-13;;/h1-5,7-10H,6,12H2;1-10H;1H;/q;;;+1/p-1. The number of hydrogen-bond donors (Lipinski definition) is 0. The van der Waals surface area contributed by atoms with Crippen LogP contribution in [0.25, 0.3) is 16.7 Å². The Balaban J connectivity index is 0.00000228. The van der Waals surface area contributed by atoms with Crippen molar-refractivity contribution < 1.29 is 35.2 Å². The molecule has 0 saturated heterocycles. The smallest absolute Gasteiger partial charge is 1.00 e. The van der Waals surface area contributed by atoms with Crippen molar-refractivity contribution in [2.24, 2.45) is 0 Å². The molecule has 0 saturated carbocycles. The first-order chi connectivity index (χ1) is 15.9. The van der Waals surface area contributed by atoms with Crippen LogP contribution in [0.4, 0.5) is 0 Å². The summed E-state index contributed by atoms with van der Waals surface area (Å²) in [6.07, 6.45) is 8.92. The maximum Gasteiger partial charge on any atom is -1.00 e. The van der Waals surface area contributed by atoms with E-state index in [9.17, 15) is 0 Å². The number of benzene rings is 4. The molecule has 0 unspecified atom stereocenters. The maximum atomic E-state index is 2.41. The van der Waals surface area contributed by atoms with Crippen molar-refractivity contribution in [3.63, 3.8) is 0 Å². The summed E-state index contributed by atoms with van der Waals surface area (Å²) in [5.74, 6) is 0. The molecule has 0 fully saturated rings. The fourth-order valence-corrected chi connectivity index (χ4v) is 8.91. The fraction of sp³-hybridized carbons (Fsp3) is 0.0645. The molecule has 0 aromatic heterocycles. The number of fused-ring (bicyclic) bond motifs is 3. The summed E-state index contributed by atoms with van der Waals surface area (Å²) < 4.78 is 3.21. The summed E-state index contributed by atoms with van der Waals surface area (Å²) in [5, 5.41) is 0. The van der Waals surface area contributed by atoms with Gasteiger partial charge in [-0.05, 0) is 0 Å². The second kappa shape index (κ2) is 9.72. The van der Waals surface area contributed by atoms with Crippen molar-refractivity contribution in [1.29, 1.82) is 0 Å². The second-order valence-corrected chi connectivity index (χ2v) is 11.5. The zero-order valence-electron chi connectivity index (χ0n) is 18.3. The van der Waals surface area contributed by atoms with E-state index in [0.717, 1.165) is 12.8 Å². The van der Waals surface area contributed by atoms with Gasteiger partial charge in [-0.2, -0.15) is 0 Å². The minimum absolute atomic E-state index is 0. The van der Waals surface area contributed by atoms with E-state index < -0.39 is 22.8 Å². The van der Waals surface area contributed by atoms with Gasteiger partial charge in [0.15, 0.2) is 0 Å². The summed E-state index contributed by atoms with van der Waals surface area (Å²) in [5.41, 5.74) is 11.6. The normalized spacial score (nSPS) is 12.9. The van der Waals surface area contributed by atoms with Crippen molar-refractivity contribution >= 4 is 12.1 Å². The first-order valence-corrected chi connectivity index (χ1v) is 13.7. The Kier molecular flexibility index (Phi) is 6.54. The molecule has 2 heteroatoms. The molecule has 0 heterocycles. The van der Waals surface area contributed by atoms with Gasteiger partial charge in [0.25, 0.3) is 0 Å². The third-order valence-electron chi connectivity index (χ3n) is 6.48. The molecule has 2 aliphatic rings. The Labute approximate surface area is 213 Å². The summed E-state index contributed by atoms with van der Waals surface area (Å²) in [6.45, 7) is 0. The van der Waals surface area contributed by atoms with Crippen LogP contribution in [-0.4, -0.2) is 3.21 Å². The van der Waals surface area contributed by atoms with Crippen LogP contribution in [0.15, 0.2) is 115 Å². The number of allylic oxidation sites excluding steroid dienone is 4. The van der Waals surface area contributed by atoms with Crippen molar-refractivity contribution in [3.8, 4) is 11.1 Å². The van der Waals surface area contributed by atoms with Gasteiger partial charge < -0.3 is 12.4 Å². The van der Waals surface area contributed by atoms with Crippen LogP contribution in [0.2, 0.25) is 0 Å². The van der Waals surface area contributed by atoms with Crippen LogP contribution in [0, 0.1) is 0 Å². The van der Waals surface area contributed by atoms with Crippen LogP contribution in [0.5, 0.6) is 0 Å². The topological polar surface area (TPSA) is 0 Å². The van der Waals surface area contributed by atoms with Gasteiger partial charge in [0.2, 0.25) is 0 Å². The van der Waals surface area contributed by atoms with E-state index in [1.807, 2.05) is 0 Å². The van der Waals surface area contributed by atoms with Crippen LogP contribution in [0.1, 0.15) is 34.2 Å². The molecule has 2 aliphatic carbocycles. The molecule has 0 radical (unpaired) electrons. The molecule has 0 atom stereocenters. The third-order valence-corrected chi connectivity index (χ3v) is 10.5. The average molecular weight is 522 g/mol. The number of hydrogen-bond acceptors (Lipinski definition) is 0. The fourth-order valence-electron chi connectivity index (χ4n) is 4.91. The predicted molar refractivity (Wildman–Crippen MR) is 132 cm³/mol. The monoisotopic (exact) mass is 520 g/mol. The Bertz CT molecular complexity index is 1350. The van der Waals surface area contributed by atoms with E-state index in [1.165, 1.54) is 39.0 Å². The van der Waals surface area contributed by atoms with E-state index in [2.05, 4.69) is 115 Å². The average Bonchev–Trinajstić information content (AvgIpc) is 3.52. The Morgan fingerprint density at radius 2 is 1.27 bits per heavy atom. The van der Waals surface area contributed by atoms with E-state index in [0.29, 0.717) is 0 Å². The molecule has 0 amide bonds. The van der Waals surface area contributed by atoms with Gasteiger partial charge in [-0.15, -0.1) is 0 Å².